The maximum Gasteiger partial charge on any atom is 0.255 e. The highest BCUT2D eigenvalue weighted by molar-refractivity contribution is 6.34. The normalized spacial score (nSPS) is 13.5. The number of nitrogens with two attached hydrogens (primary N) is 1. The second-order valence-electron chi connectivity index (χ2n) is 5.69. The summed E-state index contributed by atoms with van der Waals surface area (Å²) in [6.07, 6.45) is 0. The molecule has 2 aromatic rings. The predicted octanol–water partition coefficient (Wildman–Crippen LogP) is 3.74. The summed E-state index contributed by atoms with van der Waals surface area (Å²) in [5.74, 6) is 0.790. The van der Waals surface area contributed by atoms with Crippen LogP contribution in [0, 0.1) is 0 Å². The first-order chi connectivity index (χ1) is 11.6. The summed E-state index contributed by atoms with van der Waals surface area (Å²) in [5.41, 5.74) is 7.79. The van der Waals surface area contributed by atoms with E-state index < -0.39 is 0 Å². The topological polar surface area (TPSA) is 58.8 Å². The number of nitrogen functional groups attached to an aromatic ring is 1. The van der Waals surface area contributed by atoms with Crippen molar-refractivity contribution >= 4 is 53.7 Å². The molecule has 0 unspecified atom stereocenters. The average molecular weight is 419 g/mol. The van der Waals surface area contributed by atoms with Crippen molar-refractivity contribution in [2.45, 2.75) is 0 Å². The molecule has 1 fully saturated rings. The largest absolute Gasteiger partial charge is 0.495 e. The first-order valence-corrected chi connectivity index (χ1v) is 8.20. The lowest BCUT2D eigenvalue weighted by Crippen LogP contribution is -2.49. The van der Waals surface area contributed by atoms with Gasteiger partial charge in [-0.05, 0) is 30.3 Å². The Labute approximate surface area is 170 Å². The molecule has 1 aliphatic rings. The summed E-state index contributed by atoms with van der Waals surface area (Å²) in [6.45, 7) is 2.77. The SMILES string of the molecule is COc1ccccc1N1CCN(C(=O)c2ccc(N)cc2Cl)CC1.Cl.Cl. The Morgan fingerprint density at radius 1 is 1.08 bits per heavy atom. The minimum Gasteiger partial charge on any atom is -0.495 e. The number of benzene rings is 2. The number of hydrogen-bond acceptors (Lipinski definition) is 4. The fourth-order valence-electron chi connectivity index (χ4n) is 2.92. The van der Waals surface area contributed by atoms with Crippen LogP contribution in [0.1, 0.15) is 10.4 Å². The molecule has 0 aliphatic carbocycles. The van der Waals surface area contributed by atoms with Crippen LogP contribution in [0.15, 0.2) is 42.5 Å². The maximum atomic E-state index is 12.7. The number of anilines is 2. The molecule has 2 N–H and O–H groups in total. The predicted molar refractivity (Wildman–Crippen MR) is 111 cm³/mol. The molecule has 0 saturated carbocycles. The van der Waals surface area contributed by atoms with E-state index in [2.05, 4.69) is 4.90 Å². The van der Waals surface area contributed by atoms with E-state index in [4.69, 9.17) is 22.1 Å². The van der Waals surface area contributed by atoms with Crippen molar-refractivity contribution in [1.29, 1.82) is 0 Å². The lowest BCUT2D eigenvalue weighted by molar-refractivity contribution is 0.0747. The molecule has 0 bridgehead atoms. The van der Waals surface area contributed by atoms with Gasteiger partial charge in [0.15, 0.2) is 0 Å². The van der Waals surface area contributed by atoms with Gasteiger partial charge in [-0.3, -0.25) is 4.79 Å². The molecule has 26 heavy (non-hydrogen) atoms. The molecule has 1 amide bonds. The molecule has 3 rings (SSSR count). The minimum atomic E-state index is -0.0559. The Balaban J connectivity index is 0.00000169. The first-order valence-electron chi connectivity index (χ1n) is 7.82. The van der Waals surface area contributed by atoms with Gasteiger partial charge >= 0.3 is 0 Å². The number of carbonyl (C=O) groups is 1. The molecule has 1 heterocycles. The van der Waals surface area contributed by atoms with Crippen LogP contribution in [0.5, 0.6) is 5.75 Å². The van der Waals surface area contributed by atoms with E-state index in [-0.39, 0.29) is 30.7 Å². The quantitative estimate of drug-likeness (QED) is 0.772. The van der Waals surface area contributed by atoms with Crippen molar-refractivity contribution < 1.29 is 9.53 Å². The third-order valence-electron chi connectivity index (χ3n) is 4.22. The van der Waals surface area contributed by atoms with Gasteiger partial charge in [-0.25, -0.2) is 0 Å². The van der Waals surface area contributed by atoms with E-state index in [9.17, 15) is 4.79 Å². The average Bonchev–Trinajstić information content (AvgIpc) is 2.61. The van der Waals surface area contributed by atoms with Crippen LogP contribution in [0.3, 0.4) is 0 Å². The number of ether oxygens (including phenoxy) is 1. The Hall–Kier alpha value is -1.82. The number of carbonyl (C=O) groups excluding carboxylic acids is 1. The molecular formula is C18H22Cl3N3O2. The molecule has 1 aliphatic heterocycles. The van der Waals surface area contributed by atoms with Crippen molar-refractivity contribution in [3.63, 3.8) is 0 Å². The molecule has 0 radical (unpaired) electrons. The van der Waals surface area contributed by atoms with Gasteiger partial charge in [-0.2, -0.15) is 0 Å². The summed E-state index contributed by atoms with van der Waals surface area (Å²) in [6, 6.07) is 12.9. The van der Waals surface area contributed by atoms with Gasteiger partial charge in [0.05, 0.1) is 23.4 Å². The standard InChI is InChI=1S/C18H20ClN3O2.2ClH/c1-24-17-5-3-2-4-16(17)21-8-10-22(11-9-21)18(23)14-7-6-13(20)12-15(14)19;;/h2-7,12H,8-11,20H2,1H3;2*1H. The van der Waals surface area contributed by atoms with Gasteiger partial charge in [0.25, 0.3) is 5.91 Å². The Bertz CT molecular complexity index is 750. The Kier molecular flexibility index (Phi) is 8.34. The van der Waals surface area contributed by atoms with E-state index in [1.807, 2.05) is 29.2 Å². The number of piperazine rings is 1. The minimum absolute atomic E-state index is 0. The summed E-state index contributed by atoms with van der Waals surface area (Å²) in [7, 11) is 1.67. The van der Waals surface area contributed by atoms with Gasteiger partial charge in [0, 0.05) is 31.9 Å². The van der Waals surface area contributed by atoms with Crippen molar-refractivity contribution in [3.05, 3.63) is 53.1 Å². The fraction of sp³-hybridized carbons (Fsp3) is 0.278. The maximum absolute atomic E-state index is 12.7. The molecule has 5 nitrogen and oxygen atoms in total. The Morgan fingerprint density at radius 2 is 1.73 bits per heavy atom. The zero-order chi connectivity index (χ0) is 17.1. The molecule has 142 valence electrons. The molecule has 2 aromatic carbocycles. The van der Waals surface area contributed by atoms with E-state index in [0.29, 0.717) is 29.4 Å². The smallest absolute Gasteiger partial charge is 0.255 e. The fourth-order valence-corrected chi connectivity index (χ4v) is 3.19. The van der Waals surface area contributed by atoms with Crippen LogP contribution >= 0.6 is 36.4 Å². The lowest BCUT2D eigenvalue weighted by Gasteiger charge is -2.36. The van der Waals surface area contributed by atoms with Crippen LogP contribution in [-0.4, -0.2) is 44.1 Å². The third kappa shape index (κ3) is 4.67. The molecule has 0 spiro atoms. The summed E-state index contributed by atoms with van der Waals surface area (Å²) >= 11 is 6.15. The highest BCUT2D eigenvalue weighted by Crippen LogP contribution is 2.29. The van der Waals surface area contributed by atoms with Crippen molar-refractivity contribution in [3.8, 4) is 5.75 Å². The van der Waals surface area contributed by atoms with Crippen LogP contribution in [-0.2, 0) is 0 Å². The van der Waals surface area contributed by atoms with Gasteiger partial charge < -0.3 is 20.3 Å². The molecular weight excluding hydrogens is 397 g/mol. The zero-order valence-corrected chi connectivity index (χ0v) is 16.7. The number of hydrogen-bond donors (Lipinski definition) is 1. The number of amides is 1. The number of rotatable bonds is 3. The van der Waals surface area contributed by atoms with E-state index in [1.54, 1.807) is 25.3 Å². The van der Waals surface area contributed by atoms with Crippen molar-refractivity contribution in [1.82, 2.24) is 4.90 Å². The number of nitrogens with zero attached hydrogens (tertiary/aromatic N) is 2. The summed E-state index contributed by atoms with van der Waals surface area (Å²) < 4.78 is 5.42. The van der Waals surface area contributed by atoms with E-state index in [0.717, 1.165) is 24.5 Å². The second kappa shape index (κ2) is 9.76. The van der Waals surface area contributed by atoms with Crippen LogP contribution in [0.4, 0.5) is 11.4 Å². The van der Waals surface area contributed by atoms with Gasteiger partial charge in [0.1, 0.15) is 5.75 Å². The van der Waals surface area contributed by atoms with E-state index in [1.165, 1.54) is 0 Å². The molecule has 0 aromatic heterocycles. The monoisotopic (exact) mass is 417 g/mol. The lowest BCUT2D eigenvalue weighted by atomic mass is 10.1. The highest BCUT2D eigenvalue weighted by Gasteiger charge is 2.24. The molecule has 1 saturated heterocycles. The third-order valence-corrected chi connectivity index (χ3v) is 4.53. The van der Waals surface area contributed by atoms with Crippen molar-refractivity contribution in [2.24, 2.45) is 0 Å². The Morgan fingerprint density at radius 3 is 2.35 bits per heavy atom. The van der Waals surface area contributed by atoms with Crippen LogP contribution in [0.2, 0.25) is 5.02 Å². The van der Waals surface area contributed by atoms with E-state index >= 15 is 0 Å². The number of para-hydroxylation sites is 2. The van der Waals surface area contributed by atoms with Crippen LogP contribution in [0.25, 0.3) is 0 Å². The summed E-state index contributed by atoms with van der Waals surface area (Å²) in [4.78, 5) is 16.7. The molecule has 0 atom stereocenters. The van der Waals surface area contributed by atoms with Gasteiger partial charge in [0.2, 0.25) is 0 Å². The number of halogens is 3. The van der Waals surface area contributed by atoms with Gasteiger partial charge in [-0.1, -0.05) is 23.7 Å². The first kappa shape index (κ1) is 22.2. The highest BCUT2D eigenvalue weighted by atomic mass is 35.5. The van der Waals surface area contributed by atoms with Crippen molar-refractivity contribution in [2.75, 3.05) is 43.9 Å². The van der Waals surface area contributed by atoms with Gasteiger partial charge in [-0.15, -0.1) is 24.8 Å². The zero-order valence-electron chi connectivity index (χ0n) is 14.4. The molecule has 8 heteroatoms. The number of methoxy groups -OCH3 is 1. The second-order valence-corrected chi connectivity index (χ2v) is 6.10. The van der Waals surface area contributed by atoms with Crippen LogP contribution < -0.4 is 15.4 Å². The summed E-state index contributed by atoms with van der Waals surface area (Å²) in [5, 5.41) is 0.396.